The molecule has 0 aromatic rings. The summed E-state index contributed by atoms with van der Waals surface area (Å²) in [4.78, 5) is 47.7. The monoisotopic (exact) mass is 883 g/mol. The highest BCUT2D eigenvalue weighted by Crippen LogP contribution is 2.39. The SMILES string of the molecule is O=C(CCCC[C@@H]1CCSS1)NCCOCCOCCOCCOCCOCCOCCOCCOCCOCCOCCOCCNC(=O)CCN1C(=O)C=CC1=O. The standard InChI is InChI=1S/C39H69N3O15S2/c43-36(4-2-1-3-35-8-34-58-59-35)40-9-12-47-14-16-49-18-20-51-22-24-53-26-28-55-30-32-57-33-31-56-29-27-54-25-23-52-21-19-50-17-15-48-13-10-41-37(44)7-11-42-38(45)5-6-39(42)46/h5-6,35H,1-4,7-34H2,(H,40,43)(H,41,44)/t35-/m1/s1. The van der Waals surface area contributed by atoms with Gasteiger partial charge in [0.25, 0.3) is 11.8 Å². The van der Waals surface area contributed by atoms with Crippen LogP contribution in [0.15, 0.2) is 12.2 Å². The summed E-state index contributed by atoms with van der Waals surface area (Å²) in [5.41, 5.74) is 0. The highest BCUT2D eigenvalue weighted by atomic mass is 33.1. The first-order valence-corrected chi connectivity index (χ1v) is 23.1. The average molecular weight is 884 g/mol. The van der Waals surface area contributed by atoms with Crippen LogP contribution in [-0.2, 0) is 71.3 Å². The first kappa shape index (κ1) is 53.2. The minimum atomic E-state index is -0.399. The summed E-state index contributed by atoms with van der Waals surface area (Å²) in [7, 11) is 3.96. The van der Waals surface area contributed by atoms with E-state index in [-0.39, 0.29) is 24.8 Å². The average Bonchev–Trinajstić information content (AvgIpc) is 3.88. The Balaban J connectivity index is 1.13. The van der Waals surface area contributed by atoms with Crippen LogP contribution < -0.4 is 10.6 Å². The molecule has 342 valence electrons. The van der Waals surface area contributed by atoms with Gasteiger partial charge in [0, 0.05) is 55.6 Å². The van der Waals surface area contributed by atoms with Gasteiger partial charge in [0.2, 0.25) is 11.8 Å². The number of hydrogen-bond acceptors (Lipinski definition) is 17. The first-order chi connectivity index (χ1) is 29.1. The van der Waals surface area contributed by atoms with Gasteiger partial charge in [0.1, 0.15) is 0 Å². The van der Waals surface area contributed by atoms with Crippen molar-refractivity contribution >= 4 is 45.2 Å². The van der Waals surface area contributed by atoms with Crippen molar-refractivity contribution < 1.29 is 71.3 Å². The number of unbranched alkanes of at least 4 members (excludes halogenated alkanes) is 1. The quantitative estimate of drug-likeness (QED) is 0.0506. The van der Waals surface area contributed by atoms with Crippen LogP contribution in [0.4, 0.5) is 0 Å². The number of nitrogens with one attached hydrogen (secondary N) is 2. The molecule has 2 N–H and O–H groups in total. The van der Waals surface area contributed by atoms with Crippen LogP contribution in [-0.4, -0.2) is 205 Å². The molecule has 2 heterocycles. The van der Waals surface area contributed by atoms with Gasteiger partial charge in [-0.25, -0.2) is 0 Å². The fourth-order valence-electron chi connectivity index (χ4n) is 5.09. The Kier molecular flexibility index (Phi) is 36.2. The largest absolute Gasteiger partial charge is 0.377 e. The molecule has 0 aliphatic carbocycles. The highest BCUT2D eigenvalue weighted by Gasteiger charge is 2.23. The molecule has 0 radical (unpaired) electrons. The molecule has 0 unspecified atom stereocenters. The van der Waals surface area contributed by atoms with Gasteiger partial charge in [-0.2, -0.15) is 0 Å². The van der Waals surface area contributed by atoms with Crippen LogP contribution in [0.3, 0.4) is 0 Å². The van der Waals surface area contributed by atoms with E-state index < -0.39 is 11.8 Å². The molecule has 0 aromatic heterocycles. The van der Waals surface area contributed by atoms with Crippen molar-refractivity contribution in [2.75, 3.05) is 171 Å². The number of hydrogen-bond donors (Lipinski definition) is 2. The molecular weight excluding hydrogens is 815 g/mol. The molecule has 59 heavy (non-hydrogen) atoms. The topological polar surface area (TPSA) is 197 Å². The summed E-state index contributed by atoms with van der Waals surface area (Å²) < 4.78 is 60.2. The van der Waals surface area contributed by atoms with E-state index in [1.165, 1.54) is 30.7 Å². The fourth-order valence-corrected chi connectivity index (χ4v) is 8.12. The maximum atomic E-state index is 11.9. The van der Waals surface area contributed by atoms with Crippen molar-refractivity contribution in [2.24, 2.45) is 0 Å². The van der Waals surface area contributed by atoms with E-state index in [2.05, 4.69) is 10.6 Å². The summed E-state index contributed by atoms with van der Waals surface area (Å²) in [6.07, 6.45) is 7.62. The van der Waals surface area contributed by atoms with Crippen molar-refractivity contribution in [2.45, 2.75) is 43.8 Å². The lowest BCUT2D eigenvalue weighted by molar-refractivity contribution is -0.137. The molecular formula is C39H69N3O15S2. The maximum Gasteiger partial charge on any atom is 0.253 e. The smallest absolute Gasteiger partial charge is 0.253 e. The summed E-state index contributed by atoms with van der Waals surface area (Å²) in [5, 5.41) is 6.37. The zero-order chi connectivity index (χ0) is 42.1. The lowest BCUT2D eigenvalue weighted by atomic mass is 10.1. The number of carbonyl (C=O) groups is 4. The second kappa shape index (κ2) is 40.2. The van der Waals surface area contributed by atoms with E-state index in [1.807, 2.05) is 21.6 Å². The molecule has 4 amide bonds. The van der Waals surface area contributed by atoms with Gasteiger partial charge in [-0.15, -0.1) is 0 Å². The molecule has 0 bridgehead atoms. The number of amides is 4. The predicted molar refractivity (Wildman–Crippen MR) is 222 cm³/mol. The van der Waals surface area contributed by atoms with Crippen LogP contribution in [0.1, 0.15) is 38.5 Å². The molecule has 20 heteroatoms. The van der Waals surface area contributed by atoms with E-state index in [9.17, 15) is 19.2 Å². The summed E-state index contributed by atoms with van der Waals surface area (Å²) in [6, 6.07) is 0. The number of nitrogens with zero attached hydrogens (tertiary/aromatic N) is 1. The van der Waals surface area contributed by atoms with E-state index in [1.54, 1.807) is 0 Å². The van der Waals surface area contributed by atoms with Crippen LogP contribution in [0, 0.1) is 0 Å². The van der Waals surface area contributed by atoms with Crippen molar-refractivity contribution in [1.29, 1.82) is 0 Å². The van der Waals surface area contributed by atoms with E-state index in [0.717, 1.165) is 23.0 Å². The molecule has 1 saturated heterocycles. The van der Waals surface area contributed by atoms with Gasteiger partial charge in [-0.05, 0) is 19.3 Å². The Hall–Kier alpha value is -1.92. The fraction of sp³-hybridized carbons (Fsp3) is 0.846. The Morgan fingerprint density at radius 1 is 0.508 bits per heavy atom. The minimum Gasteiger partial charge on any atom is -0.377 e. The molecule has 2 aliphatic heterocycles. The van der Waals surface area contributed by atoms with Crippen molar-refractivity contribution in [1.82, 2.24) is 15.5 Å². The molecule has 2 aliphatic rings. The molecule has 0 saturated carbocycles. The van der Waals surface area contributed by atoms with Gasteiger partial charge in [0.15, 0.2) is 0 Å². The second-order valence-electron chi connectivity index (χ2n) is 12.9. The minimum absolute atomic E-state index is 0.0499. The van der Waals surface area contributed by atoms with E-state index in [4.69, 9.17) is 52.1 Å². The van der Waals surface area contributed by atoms with Crippen molar-refractivity contribution in [3.63, 3.8) is 0 Å². The molecule has 2 rings (SSSR count). The molecule has 1 fully saturated rings. The molecule has 0 spiro atoms. The molecule has 1 atom stereocenters. The molecule has 18 nitrogen and oxygen atoms in total. The summed E-state index contributed by atoms with van der Waals surface area (Å²) >= 11 is 0. The van der Waals surface area contributed by atoms with Crippen LogP contribution in [0.25, 0.3) is 0 Å². The third-order valence-corrected chi connectivity index (χ3v) is 11.2. The Morgan fingerprint density at radius 3 is 1.19 bits per heavy atom. The number of ether oxygens (including phenoxy) is 11. The summed E-state index contributed by atoms with van der Waals surface area (Å²) in [6.45, 7) is 11.0. The lowest BCUT2D eigenvalue weighted by Crippen LogP contribution is -2.35. The van der Waals surface area contributed by atoms with Crippen LogP contribution in [0.2, 0.25) is 0 Å². The second-order valence-corrected chi connectivity index (χ2v) is 15.7. The summed E-state index contributed by atoms with van der Waals surface area (Å²) in [5.74, 6) is 0.308. The third-order valence-electron chi connectivity index (χ3n) is 8.23. The highest BCUT2D eigenvalue weighted by molar-refractivity contribution is 8.77. The lowest BCUT2D eigenvalue weighted by Gasteiger charge is -2.13. The molecule has 0 aromatic carbocycles. The maximum absolute atomic E-state index is 11.9. The third kappa shape index (κ3) is 33.4. The zero-order valence-corrected chi connectivity index (χ0v) is 36.4. The van der Waals surface area contributed by atoms with Crippen LogP contribution in [0.5, 0.6) is 0 Å². The van der Waals surface area contributed by atoms with E-state index in [0.29, 0.717) is 165 Å². The predicted octanol–water partition coefficient (Wildman–Crippen LogP) is 1.43. The van der Waals surface area contributed by atoms with Gasteiger partial charge >= 0.3 is 0 Å². The Labute approximate surface area is 357 Å². The van der Waals surface area contributed by atoms with Gasteiger partial charge in [-0.3, -0.25) is 24.1 Å². The van der Waals surface area contributed by atoms with Gasteiger partial charge in [0.05, 0.1) is 145 Å². The van der Waals surface area contributed by atoms with Crippen molar-refractivity contribution in [3.05, 3.63) is 12.2 Å². The normalized spacial score (nSPS) is 15.2. The van der Waals surface area contributed by atoms with Gasteiger partial charge < -0.3 is 62.7 Å². The number of imide groups is 1. The van der Waals surface area contributed by atoms with Crippen LogP contribution >= 0.6 is 21.6 Å². The van der Waals surface area contributed by atoms with Gasteiger partial charge in [-0.1, -0.05) is 28.0 Å². The number of rotatable bonds is 44. The zero-order valence-electron chi connectivity index (χ0n) is 34.7. The Morgan fingerprint density at radius 2 is 0.847 bits per heavy atom. The Bertz CT molecular complexity index is 1070. The first-order valence-electron chi connectivity index (χ1n) is 20.8. The van der Waals surface area contributed by atoms with Crippen molar-refractivity contribution in [3.8, 4) is 0 Å². The number of carbonyl (C=O) groups excluding carboxylic acids is 4. The van der Waals surface area contributed by atoms with E-state index >= 15 is 0 Å².